The Balaban J connectivity index is 2.33. The number of aromatic nitrogens is 1. The van der Waals surface area contributed by atoms with Gasteiger partial charge in [0, 0.05) is 11.1 Å². The van der Waals surface area contributed by atoms with E-state index >= 15 is 0 Å². The van der Waals surface area contributed by atoms with E-state index in [0.29, 0.717) is 0 Å². The summed E-state index contributed by atoms with van der Waals surface area (Å²) in [6, 6.07) is 0. The van der Waals surface area contributed by atoms with E-state index in [1.54, 1.807) is 11.3 Å². The van der Waals surface area contributed by atoms with Crippen molar-refractivity contribution in [3.63, 3.8) is 0 Å². The number of hydrogen-bond donors (Lipinski definition) is 1. The number of thiazole rings is 1. The second kappa shape index (κ2) is 3.63. The molecule has 3 heteroatoms. The molecule has 1 aliphatic rings. The van der Waals surface area contributed by atoms with E-state index in [2.05, 4.69) is 36.6 Å². The molecule has 0 bridgehead atoms. The summed E-state index contributed by atoms with van der Waals surface area (Å²) in [6.07, 6.45) is 3.85. The Hall–Kier alpha value is -0.410. The van der Waals surface area contributed by atoms with Gasteiger partial charge in [-0.3, -0.25) is 0 Å². The number of aryl methyl sites for hydroxylation is 1. The first-order valence-corrected chi connectivity index (χ1v) is 6.22. The Kier molecular flexibility index (Phi) is 2.62. The van der Waals surface area contributed by atoms with Gasteiger partial charge in [0.05, 0.1) is 5.54 Å². The van der Waals surface area contributed by atoms with E-state index in [0.717, 1.165) is 18.0 Å². The maximum Gasteiger partial charge on any atom is 0.113 e. The molecule has 1 atom stereocenters. The lowest BCUT2D eigenvalue weighted by Crippen LogP contribution is -2.41. The van der Waals surface area contributed by atoms with Crippen LogP contribution < -0.4 is 5.32 Å². The predicted octanol–water partition coefficient (Wildman–Crippen LogP) is 2.69. The second-order valence-electron chi connectivity index (χ2n) is 4.14. The summed E-state index contributed by atoms with van der Waals surface area (Å²) in [7, 11) is 2.07. The Morgan fingerprint density at radius 3 is 2.71 bits per heavy atom. The Morgan fingerprint density at radius 1 is 1.64 bits per heavy atom. The minimum atomic E-state index is 0.166. The van der Waals surface area contributed by atoms with E-state index in [-0.39, 0.29) is 5.54 Å². The number of hydrogen-bond acceptors (Lipinski definition) is 3. The van der Waals surface area contributed by atoms with Gasteiger partial charge in [-0.25, -0.2) is 4.98 Å². The van der Waals surface area contributed by atoms with E-state index < -0.39 is 0 Å². The standard InChI is InChI=1S/C11H18N2S/c1-4-11(12-3,9-5-6-9)10-13-8(2)7-14-10/h7,9,12H,4-6H2,1-3H3. The van der Waals surface area contributed by atoms with Crippen molar-refractivity contribution in [3.05, 3.63) is 16.1 Å². The van der Waals surface area contributed by atoms with Crippen LogP contribution in [0.4, 0.5) is 0 Å². The third-order valence-electron chi connectivity index (χ3n) is 3.28. The Labute approximate surface area is 89.8 Å². The fourth-order valence-corrected chi connectivity index (χ4v) is 3.39. The van der Waals surface area contributed by atoms with Crippen LogP contribution in [0.1, 0.15) is 36.9 Å². The van der Waals surface area contributed by atoms with Gasteiger partial charge < -0.3 is 5.32 Å². The van der Waals surface area contributed by atoms with Crippen LogP contribution in [-0.2, 0) is 5.54 Å². The van der Waals surface area contributed by atoms with E-state index in [1.807, 2.05) is 0 Å². The molecule has 1 saturated carbocycles. The van der Waals surface area contributed by atoms with Crippen LogP contribution in [0.15, 0.2) is 5.38 Å². The molecule has 14 heavy (non-hydrogen) atoms. The molecule has 0 saturated heterocycles. The maximum atomic E-state index is 4.64. The van der Waals surface area contributed by atoms with Crippen molar-refractivity contribution in [2.75, 3.05) is 7.05 Å². The first-order chi connectivity index (χ1) is 6.73. The predicted molar refractivity (Wildman–Crippen MR) is 60.6 cm³/mol. The average Bonchev–Trinajstić information content (AvgIpc) is 2.94. The van der Waals surface area contributed by atoms with Crippen molar-refractivity contribution >= 4 is 11.3 Å². The molecular weight excluding hydrogens is 192 g/mol. The van der Waals surface area contributed by atoms with Gasteiger partial charge >= 0.3 is 0 Å². The molecule has 0 amide bonds. The smallest absolute Gasteiger partial charge is 0.113 e. The third kappa shape index (κ3) is 1.48. The topological polar surface area (TPSA) is 24.9 Å². The lowest BCUT2D eigenvalue weighted by molar-refractivity contribution is 0.297. The van der Waals surface area contributed by atoms with E-state index in [9.17, 15) is 0 Å². The first kappa shape index (κ1) is 10.1. The molecular formula is C11H18N2S. The van der Waals surface area contributed by atoms with Gasteiger partial charge in [-0.2, -0.15) is 0 Å². The quantitative estimate of drug-likeness (QED) is 0.826. The van der Waals surface area contributed by atoms with Crippen LogP contribution in [0.3, 0.4) is 0 Å². The molecule has 2 nitrogen and oxygen atoms in total. The SMILES string of the molecule is CCC(NC)(c1nc(C)cs1)C1CC1. The van der Waals surface area contributed by atoms with E-state index in [4.69, 9.17) is 0 Å². The van der Waals surface area contributed by atoms with Gasteiger partial charge in [0.1, 0.15) is 5.01 Å². The number of rotatable bonds is 4. The van der Waals surface area contributed by atoms with Gasteiger partial charge in [0.25, 0.3) is 0 Å². The fourth-order valence-electron chi connectivity index (χ4n) is 2.24. The van der Waals surface area contributed by atoms with Gasteiger partial charge in [-0.05, 0) is 39.2 Å². The third-order valence-corrected chi connectivity index (χ3v) is 4.42. The van der Waals surface area contributed by atoms with Crippen molar-refractivity contribution in [3.8, 4) is 0 Å². The maximum absolute atomic E-state index is 4.64. The molecule has 0 spiro atoms. The summed E-state index contributed by atoms with van der Waals surface area (Å²) >= 11 is 1.80. The van der Waals surface area contributed by atoms with Crippen LogP contribution >= 0.6 is 11.3 Å². The average molecular weight is 210 g/mol. The van der Waals surface area contributed by atoms with Crippen molar-refractivity contribution in [1.82, 2.24) is 10.3 Å². The van der Waals surface area contributed by atoms with Crippen molar-refractivity contribution in [1.29, 1.82) is 0 Å². The zero-order valence-electron chi connectivity index (χ0n) is 9.13. The first-order valence-electron chi connectivity index (χ1n) is 5.34. The highest BCUT2D eigenvalue weighted by atomic mass is 32.1. The molecule has 0 aromatic carbocycles. The summed E-state index contributed by atoms with van der Waals surface area (Å²) in [5, 5.41) is 6.94. The molecule has 1 aliphatic carbocycles. The molecule has 78 valence electrons. The largest absolute Gasteiger partial charge is 0.308 e. The zero-order chi connectivity index (χ0) is 10.2. The van der Waals surface area contributed by atoms with E-state index in [1.165, 1.54) is 17.8 Å². The molecule has 1 N–H and O–H groups in total. The number of nitrogens with zero attached hydrogens (tertiary/aromatic N) is 1. The van der Waals surface area contributed by atoms with Crippen LogP contribution in [0, 0.1) is 12.8 Å². The normalized spacial score (nSPS) is 20.8. The Bertz CT molecular complexity index is 311. The van der Waals surface area contributed by atoms with Crippen LogP contribution in [0.5, 0.6) is 0 Å². The minimum absolute atomic E-state index is 0.166. The molecule has 1 heterocycles. The summed E-state index contributed by atoms with van der Waals surface area (Å²) in [5.74, 6) is 0.808. The molecule has 2 rings (SSSR count). The van der Waals surface area contributed by atoms with Crippen molar-refractivity contribution in [2.45, 2.75) is 38.6 Å². The molecule has 1 unspecified atom stereocenters. The highest BCUT2D eigenvalue weighted by Crippen LogP contribution is 2.48. The van der Waals surface area contributed by atoms with Crippen LogP contribution in [0.25, 0.3) is 0 Å². The molecule has 1 aromatic rings. The zero-order valence-corrected chi connectivity index (χ0v) is 9.95. The van der Waals surface area contributed by atoms with Gasteiger partial charge in [0.2, 0.25) is 0 Å². The second-order valence-corrected chi connectivity index (χ2v) is 5.00. The summed E-state index contributed by atoms with van der Waals surface area (Å²) < 4.78 is 0. The van der Waals surface area contributed by atoms with Crippen LogP contribution in [-0.4, -0.2) is 12.0 Å². The summed E-state index contributed by atoms with van der Waals surface area (Å²) in [5.41, 5.74) is 1.32. The molecule has 0 aliphatic heterocycles. The molecule has 0 radical (unpaired) electrons. The summed E-state index contributed by atoms with van der Waals surface area (Å²) in [4.78, 5) is 4.64. The van der Waals surface area contributed by atoms with Crippen LogP contribution in [0.2, 0.25) is 0 Å². The molecule has 1 fully saturated rings. The summed E-state index contributed by atoms with van der Waals surface area (Å²) in [6.45, 7) is 4.33. The highest BCUT2D eigenvalue weighted by molar-refractivity contribution is 7.09. The van der Waals surface area contributed by atoms with Gasteiger partial charge in [-0.15, -0.1) is 11.3 Å². The monoisotopic (exact) mass is 210 g/mol. The lowest BCUT2D eigenvalue weighted by atomic mass is 9.91. The van der Waals surface area contributed by atoms with Gasteiger partial charge in [0.15, 0.2) is 0 Å². The van der Waals surface area contributed by atoms with Gasteiger partial charge in [-0.1, -0.05) is 6.92 Å². The highest BCUT2D eigenvalue weighted by Gasteiger charge is 2.45. The fraction of sp³-hybridized carbons (Fsp3) is 0.727. The minimum Gasteiger partial charge on any atom is -0.308 e. The molecule has 1 aromatic heterocycles. The lowest BCUT2D eigenvalue weighted by Gasteiger charge is -2.30. The van der Waals surface area contributed by atoms with Crippen molar-refractivity contribution < 1.29 is 0 Å². The van der Waals surface area contributed by atoms with Crippen molar-refractivity contribution in [2.24, 2.45) is 5.92 Å². The Morgan fingerprint density at radius 2 is 2.36 bits per heavy atom. The number of nitrogens with one attached hydrogen (secondary N) is 1.